The number of imidazole rings is 1. The molecule has 3 aromatic rings. The van der Waals surface area contributed by atoms with Crippen LogP contribution < -0.4 is 5.32 Å². The first kappa shape index (κ1) is 18.4. The molecule has 146 valence electrons. The van der Waals surface area contributed by atoms with Gasteiger partial charge in [-0.3, -0.25) is 9.69 Å². The van der Waals surface area contributed by atoms with E-state index in [1.165, 1.54) is 17.1 Å². The molecule has 0 bridgehead atoms. The van der Waals surface area contributed by atoms with Crippen molar-refractivity contribution < 1.29 is 19.4 Å². The van der Waals surface area contributed by atoms with Crippen molar-refractivity contribution in [2.75, 3.05) is 38.2 Å². The van der Waals surface area contributed by atoms with E-state index in [1.54, 1.807) is 12.1 Å². The number of carboxylic acid groups (broad SMARTS) is 1. The second-order valence-electron chi connectivity index (χ2n) is 6.33. The minimum atomic E-state index is -1.07. The van der Waals surface area contributed by atoms with Crippen LogP contribution in [-0.4, -0.2) is 74.5 Å². The first-order chi connectivity index (χ1) is 13.5. The summed E-state index contributed by atoms with van der Waals surface area (Å²) < 4.78 is 6.60. The number of hydrogen-bond donors (Lipinski definition) is 3. The lowest BCUT2D eigenvalue weighted by atomic mass is 10.2. The zero-order valence-corrected chi connectivity index (χ0v) is 15.4. The molecule has 0 aliphatic carbocycles. The molecule has 1 amide bonds. The standard InChI is InChI=1S/C17H17ClN6O4/c18-11-5-13-14(22-17(21-13)24-8-10(7-19-24)16(26)27)6-12(11)20-15(25)9-23-1-3-28-4-2-23/h5-8H,1-4,9H2,(H,20,25)(H,21,22)(H,26,27). The number of rotatable bonds is 5. The van der Waals surface area contributed by atoms with E-state index in [-0.39, 0.29) is 18.0 Å². The Balaban J connectivity index is 1.53. The van der Waals surface area contributed by atoms with Crippen LogP contribution in [0.1, 0.15) is 10.4 Å². The number of H-pyrrole nitrogens is 1. The molecule has 0 unspecified atom stereocenters. The van der Waals surface area contributed by atoms with Crippen LogP contribution in [0.3, 0.4) is 0 Å². The fourth-order valence-electron chi connectivity index (χ4n) is 2.92. The fourth-order valence-corrected chi connectivity index (χ4v) is 3.13. The number of ether oxygens (including phenoxy) is 1. The lowest BCUT2D eigenvalue weighted by Crippen LogP contribution is -2.41. The summed E-state index contributed by atoms with van der Waals surface area (Å²) in [4.78, 5) is 32.7. The molecule has 3 heterocycles. The first-order valence-electron chi connectivity index (χ1n) is 8.57. The maximum absolute atomic E-state index is 12.3. The van der Waals surface area contributed by atoms with E-state index < -0.39 is 5.97 Å². The molecular weight excluding hydrogens is 388 g/mol. The summed E-state index contributed by atoms with van der Waals surface area (Å²) in [6, 6.07) is 3.32. The van der Waals surface area contributed by atoms with E-state index in [0.29, 0.717) is 54.0 Å². The van der Waals surface area contributed by atoms with Gasteiger partial charge in [-0.15, -0.1) is 0 Å². The highest BCUT2D eigenvalue weighted by molar-refractivity contribution is 6.34. The summed E-state index contributed by atoms with van der Waals surface area (Å²) in [5.41, 5.74) is 1.71. The van der Waals surface area contributed by atoms with Gasteiger partial charge in [0.05, 0.1) is 53.3 Å². The van der Waals surface area contributed by atoms with Crippen LogP contribution in [-0.2, 0) is 9.53 Å². The number of anilines is 1. The first-order valence-corrected chi connectivity index (χ1v) is 8.95. The van der Waals surface area contributed by atoms with Crippen molar-refractivity contribution in [3.05, 3.63) is 35.1 Å². The Morgan fingerprint density at radius 1 is 1.32 bits per heavy atom. The highest BCUT2D eigenvalue weighted by Crippen LogP contribution is 2.27. The van der Waals surface area contributed by atoms with E-state index in [0.717, 1.165) is 0 Å². The Morgan fingerprint density at radius 3 is 2.82 bits per heavy atom. The van der Waals surface area contributed by atoms with Crippen molar-refractivity contribution in [1.82, 2.24) is 24.6 Å². The number of nitrogens with zero attached hydrogens (tertiary/aromatic N) is 4. The monoisotopic (exact) mass is 404 g/mol. The zero-order valence-electron chi connectivity index (χ0n) is 14.7. The third kappa shape index (κ3) is 3.84. The molecule has 1 saturated heterocycles. The number of benzene rings is 1. The average Bonchev–Trinajstić information content (AvgIpc) is 3.29. The number of aromatic nitrogens is 4. The van der Waals surface area contributed by atoms with Crippen molar-refractivity contribution >= 4 is 40.2 Å². The highest BCUT2D eigenvalue weighted by atomic mass is 35.5. The summed E-state index contributed by atoms with van der Waals surface area (Å²) in [5.74, 6) is -0.900. The number of amides is 1. The van der Waals surface area contributed by atoms with Crippen molar-refractivity contribution in [3.8, 4) is 5.95 Å². The molecule has 11 heteroatoms. The average molecular weight is 405 g/mol. The van der Waals surface area contributed by atoms with Crippen molar-refractivity contribution in [3.63, 3.8) is 0 Å². The van der Waals surface area contributed by atoms with Crippen LogP contribution in [0.4, 0.5) is 5.69 Å². The summed E-state index contributed by atoms with van der Waals surface area (Å²) >= 11 is 6.29. The summed E-state index contributed by atoms with van der Waals surface area (Å²) in [5, 5.41) is 16.2. The predicted molar refractivity (Wildman–Crippen MR) is 101 cm³/mol. The van der Waals surface area contributed by atoms with E-state index in [1.807, 2.05) is 4.90 Å². The molecular formula is C17H17ClN6O4. The topological polar surface area (TPSA) is 125 Å². The Labute approximate surface area is 164 Å². The third-order valence-corrected chi connectivity index (χ3v) is 4.66. The highest BCUT2D eigenvalue weighted by Gasteiger charge is 2.16. The molecule has 2 aromatic heterocycles. The second-order valence-corrected chi connectivity index (χ2v) is 6.73. The van der Waals surface area contributed by atoms with Gasteiger partial charge in [0.1, 0.15) is 0 Å². The quantitative estimate of drug-likeness (QED) is 0.586. The molecule has 0 saturated carbocycles. The van der Waals surface area contributed by atoms with Gasteiger partial charge in [0, 0.05) is 19.3 Å². The molecule has 10 nitrogen and oxygen atoms in total. The van der Waals surface area contributed by atoms with Gasteiger partial charge in [-0.1, -0.05) is 11.6 Å². The van der Waals surface area contributed by atoms with Crippen LogP contribution >= 0.6 is 11.6 Å². The molecule has 28 heavy (non-hydrogen) atoms. The van der Waals surface area contributed by atoms with Gasteiger partial charge >= 0.3 is 5.97 Å². The van der Waals surface area contributed by atoms with E-state index >= 15 is 0 Å². The number of halogens is 1. The van der Waals surface area contributed by atoms with E-state index in [2.05, 4.69) is 20.4 Å². The normalized spacial score (nSPS) is 15.0. The molecule has 1 aromatic carbocycles. The lowest BCUT2D eigenvalue weighted by molar-refractivity contribution is -0.118. The van der Waals surface area contributed by atoms with Gasteiger partial charge < -0.3 is 20.1 Å². The third-order valence-electron chi connectivity index (χ3n) is 4.35. The second kappa shape index (κ2) is 7.58. The van der Waals surface area contributed by atoms with Gasteiger partial charge in [-0.25, -0.2) is 14.5 Å². The zero-order chi connectivity index (χ0) is 19.7. The number of morpholine rings is 1. The maximum atomic E-state index is 12.3. The minimum absolute atomic E-state index is 0.0505. The van der Waals surface area contributed by atoms with Gasteiger partial charge in [0.25, 0.3) is 0 Å². The molecule has 0 atom stereocenters. The molecule has 1 fully saturated rings. The molecule has 0 radical (unpaired) electrons. The molecule has 1 aliphatic rings. The van der Waals surface area contributed by atoms with Crippen molar-refractivity contribution in [2.45, 2.75) is 0 Å². The van der Waals surface area contributed by atoms with Gasteiger partial charge in [-0.05, 0) is 12.1 Å². The van der Waals surface area contributed by atoms with E-state index in [4.69, 9.17) is 21.4 Å². The predicted octanol–water partition coefficient (Wildman–Crippen LogP) is 1.37. The number of carbonyl (C=O) groups is 2. The SMILES string of the molecule is O=C(CN1CCOCC1)Nc1cc2nc(-n3cc(C(=O)O)cn3)[nH]c2cc1Cl. The smallest absolute Gasteiger partial charge is 0.338 e. The van der Waals surface area contributed by atoms with Crippen molar-refractivity contribution in [2.24, 2.45) is 0 Å². The number of aromatic amines is 1. The van der Waals surface area contributed by atoms with Crippen molar-refractivity contribution in [1.29, 1.82) is 0 Å². The Morgan fingerprint density at radius 2 is 2.11 bits per heavy atom. The molecule has 4 rings (SSSR count). The number of hydrogen-bond acceptors (Lipinski definition) is 6. The van der Waals surface area contributed by atoms with Crippen LogP contribution in [0.25, 0.3) is 17.0 Å². The number of aromatic carboxylic acids is 1. The summed E-state index contributed by atoms with van der Waals surface area (Å²) in [6.45, 7) is 2.92. The van der Waals surface area contributed by atoms with Crippen LogP contribution in [0.2, 0.25) is 5.02 Å². The minimum Gasteiger partial charge on any atom is -0.478 e. The lowest BCUT2D eigenvalue weighted by Gasteiger charge is -2.25. The Hall–Kier alpha value is -2.95. The summed E-state index contributed by atoms with van der Waals surface area (Å²) in [7, 11) is 0. The Bertz CT molecular complexity index is 1040. The Kier molecular flexibility index (Phi) is 4.99. The molecule has 1 aliphatic heterocycles. The number of fused-ring (bicyclic) bond motifs is 1. The number of nitrogens with one attached hydrogen (secondary N) is 2. The van der Waals surface area contributed by atoms with Crippen LogP contribution in [0.5, 0.6) is 0 Å². The van der Waals surface area contributed by atoms with Gasteiger partial charge in [-0.2, -0.15) is 5.10 Å². The summed E-state index contributed by atoms with van der Waals surface area (Å²) in [6.07, 6.45) is 2.59. The van der Waals surface area contributed by atoms with Crippen LogP contribution in [0, 0.1) is 0 Å². The molecule has 3 N–H and O–H groups in total. The van der Waals surface area contributed by atoms with E-state index in [9.17, 15) is 9.59 Å². The number of carbonyl (C=O) groups excluding carboxylic acids is 1. The number of carboxylic acids is 1. The largest absolute Gasteiger partial charge is 0.478 e. The van der Waals surface area contributed by atoms with Gasteiger partial charge in [0.2, 0.25) is 11.9 Å². The van der Waals surface area contributed by atoms with Gasteiger partial charge in [0.15, 0.2) is 0 Å². The van der Waals surface area contributed by atoms with Crippen LogP contribution in [0.15, 0.2) is 24.5 Å². The fraction of sp³-hybridized carbons (Fsp3) is 0.294. The molecule has 0 spiro atoms. The maximum Gasteiger partial charge on any atom is 0.338 e.